The number of nitrogens with one attached hydrogen (secondary N) is 1. The topological polar surface area (TPSA) is 15.3 Å². The van der Waals surface area contributed by atoms with Crippen LogP contribution in [-0.4, -0.2) is 25.7 Å². The molecule has 1 heterocycles. The Labute approximate surface area is 115 Å². The van der Waals surface area contributed by atoms with E-state index < -0.39 is 0 Å². The largest absolute Gasteiger partial charge is 0.365 e. The Morgan fingerprint density at radius 1 is 1.39 bits per heavy atom. The predicted octanol–water partition coefficient (Wildman–Crippen LogP) is 3.55. The molecule has 3 heteroatoms. The van der Waals surface area contributed by atoms with Crippen molar-refractivity contribution in [2.45, 2.75) is 32.2 Å². The summed E-state index contributed by atoms with van der Waals surface area (Å²) in [6, 6.07) is 8.17. The molecule has 0 aromatic heterocycles. The molecule has 1 saturated heterocycles. The molecule has 1 aliphatic rings. The highest BCUT2D eigenvalue weighted by Gasteiger charge is 2.34. The van der Waals surface area contributed by atoms with Gasteiger partial charge in [-0.1, -0.05) is 23.7 Å². The Balaban J connectivity index is 2.24. The normalized spacial score (nSPS) is 23.1. The number of nitrogens with zero attached hydrogens (tertiary/aromatic N) is 1. The number of piperidine rings is 1. The van der Waals surface area contributed by atoms with Crippen molar-refractivity contribution >= 4 is 17.3 Å². The van der Waals surface area contributed by atoms with E-state index in [1.54, 1.807) is 0 Å². The van der Waals surface area contributed by atoms with Gasteiger partial charge in [0.25, 0.3) is 0 Å². The fourth-order valence-corrected chi connectivity index (χ4v) is 3.08. The molecular weight excluding hydrogens is 244 g/mol. The van der Waals surface area contributed by atoms with Gasteiger partial charge in [0.1, 0.15) is 0 Å². The van der Waals surface area contributed by atoms with E-state index in [-0.39, 0.29) is 5.54 Å². The summed E-state index contributed by atoms with van der Waals surface area (Å²) in [5.74, 6) is 0.708. The zero-order valence-corrected chi connectivity index (χ0v) is 12.3. The maximum Gasteiger partial charge on any atom is 0.0639 e. The van der Waals surface area contributed by atoms with E-state index in [9.17, 15) is 0 Å². The summed E-state index contributed by atoms with van der Waals surface area (Å²) in [5.41, 5.74) is 1.36. The third-order valence-corrected chi connectivity index (χ3v) is 4.29. The summed E-state index contributed by atoms with van der Waals surface area (Å²) >= 11 is 6.35. The van der Waals surface area contributed by atoms with Gasteiger partial charge in [-0.3, -0.25) is 0 Å². The van der Waals surface area contributed by atoms with Crippen molar-refractivity contribution in [1.29, 1.82) is 0 Å². The number of benzene rings is 1. The highest BCUT2D eigenvalue weighted by Crippen LogP contribution is 2.37. The Bertz CT molecular complexity index is 403. The molecule has 18 heavy (non-hydrogen) atoms. The van der Waals surface area contributed by atoms with Crippen molar-refractivity contribution < 1.29 is 0 Å². The quantitative estimate of drug-likeness (QED) is 0.900. The van der Waals surface area contributed by atoms with Crippen molar-refractivity contribution in [2.75, 3.05) is 25.0 Å². The number of para-hydroxylation sites is 1. The molecule has 0 radical (unpaired) electrons. The Morgan fingerprint density at radius 3 is 2.78 bits per heavy atom. The average molecular weight is 267 g/mol. The van der Waals surface area contributed by atoms with E-state index in [1.807, 2.05) is 19.2 Å². The van der Waals surface area contributed by atoms with Gasteiger partial charge in [0, 0.05) is 12.1 Å². The van der Waals surface area contributed by atoms with Crippen molar-refractivity contribution in [3.05, 3.63) is 29.3 Å². The molecule has 0 bridgehead atoms. The highest BCUT2D eigenvalue weighted by atomic mass is 35.5. The van der Waals surface area contributed by atoms with Gasteiger partial charge in [0.2, 0.25) is 0 Å². The predicted molar refractivity (Wildman–Crippen MR) is 79.5 cm³/mol. The van der Waals surface area contributed by atoms with Gasteiger partial charge in [-0.05, 0) is 58.3 Å². The van der Waals surface area contributed by atoms with Gasteiger partial charge >= 0.3 is 0 Å². The van der Waals surface area contributed by atoms with E-state index >= 15 is 0 Å². The van der Waals surface area contributed by atoms with Crippen molar-refractivity contribution in [2.24, 2.45) is 5.92 Å². The van der Waals surface area contributed by atoms with Crippen LogP contribution in [0.3, 0.4) is 0 Å². The number of halogens is 1. The lowest BCUT2D eigenvalue weighted by Gasteiger charge is -2.47. The van der Waals surface area contributed by atoms with E-state index in [0.717, 1.165) is 18.1 Å². The molecule has 1 aromatic carbocycles. The molecule has 1 fully saturated rings. The van der Waals surface area contributed by atoms with Gasteiger partial charge in [-0.2, -0.15) is 0 Å². The second kappa shape index (κ2) is 5.50. The van der Waals surface area contributed by atoms with E-state index in [4.69, 9.17) is 11.6 Å². The Morgan fingerprint density at radius 2 is 2.11 bits per heavy atom. The monoisotopic (exact) mass is 266 g/mol. The summed E-state index contributed by atoms with van der Waals surface area (Å²) in [5, 5.41) is 4.15. The van der Waals surface area contributed by atoms with E-state index in [1.165, 1.54) is 18.5 Å². The summed E-state index contributed by atoms with van der Waals surface area (Å²) in [6.07, 6.45) is 2.50. The Kier molecular flexibility index (Phi) is 4.18. The molecule has 1 N–H and O–H groups in total. The van der Waals surface area contributed by atoms with Crippen LogP contribution >= 0.6 is 11.6 Å². The summed E-state index contributed by atoms with van der Waals surface area (Å²) in [4.78, 5) is 2.47. The fourth-order valence-electron chi connectivity index (χ4n) is 2.84. The lowest BCUT2D eigenvalue weighted by molar-refractivity contribution is 0.287. The maximum absolute atomic E-state index is 6.35. The number of hydrogen-bond acceptors (Lipinski definition) is 2. The lowest BCUT2D eigenvalue weighted by atomic mass is 9.84. The number of rotatable bonds is 3. The molecular formula is C15H23ClN2. The van der Waals surface area contributed by atoms with Gasteiger partial charge in [-0.15, -0.1) is 0 Å². The molecule has 1 atom stereocenters. The van der Waals surface area contributed by atoms with Gasteiger partial charge in [-0.25, -0.2) is 0 Å². The molecule has 0 spiro atoms. The first-order chi connectivity index (χ1) is 8.54. The molecule has 0 aliphatic carbocycles. The first-order valence-electron chi connectivity index (χ1n) is 6.71. The lowest BCUT2D eigenvalue weighted by Crippen LogP contribution is -2.52. The first-order valence-corrected chi connectivity index (χ1v) is 7.09. The van der Waals surface area contributed by atoms with Crippen LogP contribution in [0.2, 0.25) is 5.02 Å². The minimum Gasteiger partial charge on any atom is -0.365 e. The molecule has 2 rings (SSSR count). The van der Waals surface area contributed by atoms with Crippen molar-refractivity contribution in [3.63, 3.8) is 0 Å². The Hall–Kier alpha value is -0.730. The summed E-state index contributed by atoms with van der Waals surface area (Å²) < 4.78 is 0. The fraction of sp³-hybridized carbons (Fsp3) is 0.600. The molecule has 0 saturated carbocycles. The minimum atomic E-state index is 0.190. The first kappa shape index (κ1) is 13.7. The van der Waals surface area contributed by atoms with Crippen molar-refractivity contribution in [1.82, 2.24) is 5.32 Å². The standard InChI is InChI=1S/C15H23ClN2/c1-15(2)9-8-12(10-17-3)11-18(15)14-7-5-4-6-13(14)16/h4-7,12,17H,8-11H2,1-3H3. The average Bonchev–Trinajstić information content (AvgIpc) is 2.33. The molecule has 100 valence electrons. The number of hydrogen-bond donors (Lipinski definition) is 1. The van der Waals surface area contributed by atoms with Gasteiger partial charge in [0.15, 0.2) is 0 Å². The van der Waals surface area contributed by atoms with Crippen molar-refractivity contribution in [3.8, 4) is 0 Å². The third-order valence-electron chi connectivity index (χ3n) is 3.97. The number of anilines is 1. The van der Waals surface area contributed by atoms with Crippen LogP contribution in [0.4, 0.5) is 5.69 Å². The van der Waals surface area contributed by atoms with Crippen LogP contribution < -0.4 is 10.2 Å². The molecule has 1 unspecified atom stereocenters. The van der Waals surface area contributed by atoms with Crippen LogP contribution in [-0.2, 0) is 0 Å². The minimum absolute atomic E-state index is 0.190. The summed E-state index contributed by atoms with van der Waals surface area (Å²) in [7, 11) is 2.03. The van der Waals surface area contributed by atoms with Crippen LogP contribution in [0.1, 0.15) is 26.7 Å². The van der Waals surface area contributed by atoms with Gasteiger partial charge in [0.05, 0.1) is 10.7 Å². The smallest absolute Gasteiger partial charge is 0.0639 e. The zero-order valence-electron chi connectivity index (χ0n) is 11.5. The maximum atomic E-state index is 6.35. The SMILES string of the molecule is CNCC1CCC(C)(C)N(c2ccccc2Cl)C1. The molecule has 0 amide bonds. The van der Waals surface area contributed by atoms with E-state index in [0.29, 0.717) is 5.92 Å². The third kappa shape index (κ3) is 2.81. The van der Waals surface area contributed by atoms with E-state index in [2.05, 4.69) is 36.2 Å². The van der Waals surface area contributed by atoms with Gasteiger partial charge < -0.3 is 10.2 Å². The molecule has 2 nitrogen and oxygen atoms in total. The highest BCUT2D eigenvalue weighted by molar-refractivity contribution is 6.33. The zero-order chi connectivity index (χ0) is 13.2. The summed E-state index contributed by atoms with van der Waals surface area (Å²) in [6.45, 7) is 6.78. The van der Waals surface area contributed by atoms with Crippen LogP contribution in [0.5, 0.6) is 0 Å². The van der Waals surface area contributed by atoms with Crippen LogP contribution in [0.15, 0.2) is 24.3 Å². The second-order valence-electron chi connectivity index (χ2n) is 5.84. The second-order valence-corrected chi connectivity index (χ2v) is 6.24. The van der Waals surface area contributed by atoms with Crippen LogP contribution in [0.25, 0.3) is 0 Å². The molecule has 1 aromatic rings. The van der Waals surface area contributed by atoms with Crippen LogP contribution in [0, 0.1) is 5.92 Å². The molecule has 1 aliphatic heterocycles.